The van der Waals surface area contributed by atoms with E-state index in [1.165, 1.54) is 0 Å². The molecule has 0 aromatic heterocycles. The lowest BCUT2D eigenvalue weighted by Crippen LogP contribution is -2.57. The van der Waals surface area contributed by atoms with E-state index in [4.69, 9.17) is 18.0 Å². The molecule has 0 aromatic rings. The zero-order chi connectivity index (χ0) is 16.0. The third kappa shape index (κ3) is 5.20. The van der Waals surface area contributed by atoms with Gasteiger partial charge in [0.15, 0.2) is 0 Å². The van der Waals surface area contributed by atoms with Crippen LogP contribution in [0.2, 0.25) is 0 Å². The SMILES string of the molecule is CCC(C)NC(=O)C(C)N1CCN(C(CC)C(N)=S)CC1. The van der Waals surface area contributed by atoms with Crippen LogP contribution in [0.4, 0.5) is 0 Å². The Hall–Kier alpha value is -0.720. The van der Waals surface area contributed by atoms with Crippen LogP contribution in [0.15, 0.2) is 0 Å². The van der Waals surface area contributed by atoms with Gasteiger partial charge in [0.05, 0.1) is 17.1 Å². The first-order chi connectivity index (χ1) is 9.90. The van der Waals surface area contributed by atoms with Gasteiger partial charge in [-0.25, -0.2) is 0 Å². The van der Waals surface area contributed by atoms with Crippen molar-refractivity contribution in [3.8, 4) is 0 Å². The van der Waals surface area contributed by atoms with Crippen molar-refractivity contribution in [1.82, 2.24) is 15.1 Å². The van der Waals surface area contributed by atoms with Crippen LogP contribution in [0.5, 0.6) is 0 Å². The highest BCUT2D eigenvalue weighted by molar-refractivity contribution is 7.80. The molecule has 1 aliphatic rings. The number of carbonyl (C=O) groups is 1. The zero-order valence-electron chi connectivity index (χ0n) is 13.8. The monoisotopic (exact) mass is 314 g/mol. The molecule has 1 heterocycles. The molecule has 0 bridgehead atoms. The summed E-state index contributed by atoms with van der Waals surface area (Å²) < 4.78 is 0. The maximum atomic E-state index is 12.2. The van der Waals surface area contributed by atoms with Gasteiger partial charge in [-0.3, -0.25) is 14.6 Å². The number of amides is 1. The molecule has 0 aromatic carbocycles. The Morgan fingerprint density at radius 3 is 2.10 bits per heavy atom. The van der Waals surface area contributed by atoms with Crippen LogP contribution in [0, 0.1) is 0 Å². The summed E-state index contributed by atoms with van der Waals surface area (Å²) in [4.78, 5) is 17.3. The van der Waals surface area contributed by atoms with Gasteiger partial charge in [-0.1, -0.05) is 26.1 Å². The number of piperazine rings is 1. The maximum absolute atomic E-state index is 12.2. The molecule has 1 amide bonds. The Labute approximate surface area is 134 Å². The molecule has 5 nitrogen and oxygen atoms in total. The summed E-state index contributed by atoms with van der Waals surface area (Å²) in [5.74, 6) is 0.124. The summed E-state index contributed by atoms with van der Waals surface area (Å²) in [6.45, 7) is 11.8. The number of hydrogen-bond acceptors (Lipinski definition) is 4. The Morgan fingerprint density at radius 1 is 1.14 bits per heavy atom. The highest BCUT2D eigenvalue weighted by Gasteiger charge is 2.29. The van der Waals surface area contributed by atoms with Crippen LogP contribution in [0.3, 0.4) is 0 Å². The van der Waals surface area contributed by atoms with Crippen molar-refractivity contribution in [1.29, 1.82) is 0 Å². The van der Waals surface area contributed by atoms with Crippen molar-refractivity contribution in [3.05, 3.63) is 0 Å². The van der Waals surface area contributed by atoms with E-state index in [2.05, 4.69) is 29.0 Å². The molecular formula is C15H30N4OS. The van der Waals surface area contributed by atoms with E-state index in [9.17, 15) is 4.79 Å². The van der Waals surface area contributed by atoms with Gasteiger partial charge in [-0.05, 0) is 26.7 Å². The topological polar surface area (TPSA) is 61.6 Å². The van der Waals surface area contributed by atoms with E-state index in [1.807, 2.05) is 13.8 Å². The normalized spacial score (nSPS) is 21.5. The molecule has 1 fully saturated rings. The molecule has 1 aliphatic heterocycles. The van der Waals surface area contributed by atoms with Crippen molar-refractivity contribution >= 4 is 23.1 Å². The second-order valence-electron chi connectivity index (χ2n) is 5.89. The minimum Gasteiger partial charge on any atom is -0.392 e. The number of nitrogens with two attached hydrogens (primary N) is 1. The van der Waals surface area contributed by atoms with Crippen molar-refractivity contribution in [2.24, 2.45) is 5.73 Å². The van der Waals surface area contributed by atoms with Gasteiger partial charge in [0, 0.05) is 32.2 Å². The molecule has 122 valence electrons. The van der Waals surface area contributed by atoms with Gasteiger partial charge in [-0.15, -0.1) is 0 Å². The van der Waals surface area contributed by atoms with Crippen LogP contribution >= 0.6 is 12.2 Å². The fourth-order valence-electron chi connectivity index (χ4n) is 2.71. The van der Waals surface area contributed by atoms with E-state index < -0.39 is 0 Å². The molecule has 0 radical (unpaired) electrons. The molecule has 1 saturated heterocycles. The number of thiocarbonyl (C=S) groups is 1. The predicted octanol–water partition coefficient (Wildman–Crippen LogP) is 0.972. The minimum atomic E-state index is -0.0777. The lowest BCUT2D eigenvalue weighted by atomic mass is 10.1. The Kier molecular flexibility index (Phi) is 7.56. The van der Waals surface area contributed by atoms with Gasteiger partial charge in [0.25, 0.3) is 0 Å². The lowest BCUT2D eigenvalue weighted by Gasteiger charge is -2.40. The van der Waals surface area contributed by atoms with E-state index in [-0.39, 0.29) is 24.0 Å². The first kappa shape index (κ1) is 18.3. The van der Waals surface area contributed by atoms with Crippen molar-refractivity contribution in [2.45, 2.75) is 58.7 Å². The second kappa shape index (κ2) is 8.66. The van der Waals surface area contributed by atoms with Gasteiger partial charge < -0.3 is 11.1 Å². The molecule has 0 spiro atoms. The highest BCUT2D eigenvalue weighted by Crippen LogP contribution is 2.12. The van der Waals surface area contributed by atoms with Gasteiger partial charge in [-0.2, -0.15) is 0 Å². The summed E-state index contributed by atoms with van der Waals surface area (Å²) in [7, 11) is 0. The average molecular weight is 314 g/mol. The van der Waals surface area contributed by atoms with Crippen molar-refractivity contribution in [3.63, 3.8) is 0 Å². The molecule has 1 rings (SSSR count). The number of hydrogen-bond donors (Lipinski definition) is 2. The maximum Gasteiger partial charge on any atom is 0.237 e. The first-order valence-electron chi connectivity index (χ1n) is 7.98. The van der Waals surface area contributed by atoms with Crippen LogP contribution in [0.25, 0.3) is 0 Å². The summed E-state index contributed by atoms with van der Waals surface area (Å²) in [5.41, 5.74) is 5.80. The van der Waals surface area contributed by atoms with Crippen molar-refractivity contribution in [2.75, 3.05) is 26.2 Å². The van der Waals surface area contributed by atoms with E-state index in [0.717, 1.165) is 39.0 Å². The molecule has 3 unspecified atom stereocenters. The van der Waals surface area contributed by atoms with Gasteiger partial charge >= 0.3 is 0 Å². The van der Waals surface area contributed by atoms with Crippen molar-refractivity contribution < 1.29 is 4.79 Å². The fourth-order valence-corrected chi connectivity index (χ4v) is 3.02. The molecule has 0 saturated carbocycles. The molecule has 21 heavy (non-hydrogen) atoms. The zero-order valence-corrected chi connectivity index (χ0v) is 14.6. The fraction of sp³-hybridized carbons (Fsp3) is 0.867. The summed E-state index contributed by atoms with van der Waals surface area (Å²) in [6.07, 6.45) is 1.90. The van der Waals surface area contributed by atoms with Gasteiger partial charge in [0.1, 0.15) is 0 Å². The van der Waals surface area contributed by atoms with Gasteiger partial charge in [0.2, 0.25) is 5.91 Å². The number of carbonyl (C=O) groups excluding carboxylic acids is 1. The van der Waals surface area contributed by atoms with E-state index >= 15 is 0 Å². The number of nitrogens with one attached hydrogen (secondary N) is 1. The summed E-state index contributed by atoms with van der Waals surface area (Å²) >= 11 is 5.14. The predicted molar refractivity (Wildman–Crippen MR) is 91.4 cm³/mol. The molecular weight excluding hydrogens is 284 g/mol. The Balaban J connectivity index is 2.48. The third-order valence-corrected chi connectivity index (χ3v) is 4.71. The average Bonchev–Trinajstić information content (AvgIpc) is 2.47. The number of nitrogens with zero attached hydrogens (tertiary/aromatic N) is 2. The molecule has 6 heteroatoms. The molecule has 0 aliphatic carbocycles. The third-order valence-electron chi connectivity index (χ3n) is 4.43. The smallest absolute Gasteiger partial charge is 0.237 e. The summed E-state index contributed by atoms with van der Waals surface area (Å²) in [5, 5.41) is 3.06. The van der Waals surface area contributed by atoms with Crippen LogP contribution < -0.4 is 11.1 Å². The first-order valence-corrected chi connectivity index (χ1v) is 8.39. The second-order valence-corrected chi connectivity index (χ2v) is 6.36. The van der Waals surface area contributed by atoms with E-state index in [1.54, 1.807) is 0 Å². The quantitative estimate of drug-likeness (QED) is 0.686. The molecule has 3 N–H and O–H groups in total. The molecule has 3 atom stereocenters. The van der Waals surface area contributed by atoms with Crippen LogP contribution in [-0.4, -0.2) is 65.0 Å². The largest absolute Gasteiger partial charge is 0.392 e. The Morgan fingerprint density at radius 2 is 1.67 bits per heavy atom. The Bertz CT molecular complexity index is 356. The lowest BCUT2D eigenvalue weighted by molar-refractivity contribution is -0.127. The van der Waals surface area contributed by atoms with Crippen LogP contribution in [-0.2, 0) is 4.79 Å². The number of rotatable bonds is 7. The highest BCUT2D eigenvalue weighted by atomic mass is 32.1. The van der Waals surface area contributed by atoms with Crippen LogP contribution in [0.1, 0.15) is 40.5 Å². The minimum absolute atomic E-state index is 0.0777. The van der Waals surface area contributed by atoms with E-state index in [0.29, 0.717) is 4.99 Å². The standard InChI is InChI=1S/C15H30N4OS/c1-5-11(3)17-15(20)12(4)18-7-9-19(10-8-18)13(6-2)14(16)21/h11-13H,5-10H2,1-4H3,(H2,16,21)(H,17,20). The summed E-state index contributed by atoms with van der Waals surface area (Å²) in [6, 6.07) is 0.345.